The molecule has 0 amide bonds. The summed E-state index contributed by atoms with van der Waals surface area (Å²) in [5.74, 6) is 0. The molecule has 0 aliphatic rings. The van der Waals surface area contributed by atoms with Crippen molar-refractivity contribution >= 4 is 72.8 Å². The van der Waals surface area contributed by atoms with Gasteiger partial charge in [-0.3, -0.25) is 0 Å². The number of hydrogen-bond acceptors (Lipinski definition) is 4. The first-order valence-corrected chi connectivity index (χ1v) is 27.0. The van der Waals surface area contributed by atoms with Crippen molar-refractivity contribution in [2.24, 2.45) is 0 Å². The molecule has 2 aromatic heterocycles. The number of aromatic nitrogens is 3. The molecule has 2 heterocycles. The fraction of sp³-hybridized carbons (Fsp3) is 0.127. The van der Waals surface area contributed by atoms with Gasteiger partial charge in [0.05, 0.1) is 28.4 Å². The van der Waals surface area contributed by atoms with Crippen molar-refractivity contribution in [2.75, 3.05) is 4.90 Å². The van der Waals surface area contributed by atoms with Gasteiger partial charge in [0, 0.05) is 33.4 Å². The van der Waals surface area contributed by atoms with Crippen molar-refractivity contribution < 1.29 is 0 Å². The molecular formula is C71H60N4S. The van der Waals surface area contributed by atoms with E-state index in [4.69, 9.17) is 8.75 Å². The predicted molar refractivity (Wildman–Crippen MR) is 325 cm³/mol. The molecule has 0 saturated heterocycles. The molecular weight excluding hydrogens is 941 g/mol. The maximum absolute atomic E-state index is 5.08. The van der Waals surface area contributed by atoms with E-state index in [2.05, 4.69) is 295 Å². The minimum atomic E-state index is 0.0651. The minimum Gasteiger partial charge on any atom is -0.309 e. The Kier molecular flexibility index (Phi) is 12.4. The van der Waals surface area contributed by atoms with Gasteiger partial charge in [-0.15, -0.1) is 0 Å². The second-order valence-electron chi connectivity index (χ2n) is 22.0. The molecule has 12 aromatic rings. The van der Waals surface area contributed by atoms with E-state index in [0.29, 0.717) is 0 Å². The van der Waals surface area contributed by atoms with Crippen LogP contribution in [-0.4, -0.2) is 13.3 Å². The maximum atomic E-state index is 5.08. The third-order valence-corrected chi connectivity index (χ3v) is 15.6. The van der Waals surface area contributed by atoms with Crippen LogP contribution in [0.4, 0.5) is 17.1 Å². The molecule has 0 saturated carbocycles. The highest BCUT2D eigenvalue weighted by Gasteiger charge is 2.24. The third-order valence-electron chi connectivity index (χ3n) is 15.1. The number of rotatable bonds is 10. The van der Waals surface area contributed by atoms with Crippen LogP contribution in [0.2, 0.25) is 0 Å². The molecule has 0 unspecified atom stereocenters. The lowest BCUT2D eigenvalue weighted by Gasteiger charge is -2.26. The summed E-state index contributed by atoms with van der Waals surface area (Å²) in [7, 11) is 0. The molecule has 12 rings (SSSR count). The fourth-order valence-electron chi connectivity index (χ4n) is 10.9. The SMILES string of the molecule is CC(=C(c1ccc(C(C)(C)C)cc1)c1ccc(C(C)(C)C)cc1)c1ccc(N(c2ccccc2)c2ccc(-c3cccc4c3c3ccccc3n4-c3ccc(-c4ccc(-c5ccccc5)cc4)cc3)c3nsnc23)cc1. The summed E-state index contributed by atoms with van der Waals surface area (Å²) < 4.78 is 12.6. The van der Waals surface area contributed by atoms with Crippen LogP contribution >= 0.6 is 11.7 Å². The normalized spacial score (nSPS) is 11.9. The van der Waals surface area contributed by atoms with Crippen LogP contribution in [0.5, 0.6) is 0 Å². The number of nitrogens with zero attached hydrogens (tertiary/aromatic N) is 4. The smallest absolute Gasteiger partial charge is 0.129 e. The van der Waals surface area contributed by atoms with Crippen LogP contribution < -0.4 is 4.90 Å². The van der Waals surface area contributed by atoms with Crippen molar-refractivity contribution in [1.29, 1.82) is 0 Å². The number of para-hydroxylation sites is 2. The predicted octanol–water partition coefficient (Wildman–Crippen LogP) is 19.8. The van der Waals surface area contributed by atoms with Crippen LogP contribution in [-0.2, 0) is 10.8 Å². The van der Waals surface area contributed by atoms with Gasteiger partial charge in [0.1, 0.15) is 11.0 Å². The van der Waals surface area contributed by atoms with E-state index in [1.54, 1.807) is 0 Å². The average molecular weight is 1000 g/mol. The molecule has 0 radical (unpaired) electrons. The highest BCUT2D eigenvalue weighted by Crippen LogP contribution is 2.45. The Balaban J connectivity index is 0.923. The summed E-state index contributed by atoms with van der Waals surface area (Å²) in [5, 5.41) is 2.38. The van der Waals surface area contributed by atoms with Gasteiger partial charge in [-0.25, -0.2) is 0 Å². The molecule has 76 heavy (non-hydrogen) atoms. The maximum Gasteiger partial charge on any atom is 0.129 e. The van der Waals surface area contributed by atoms with Crippen molar-refractivity contribution in [3.05, 3.63) is 264 Å². The number of allylic oxidation sites excluding steroid dienone is 1. The van der Waals surface area contributed by atoms with E-state index >= 15 is 0 Å². The van der Waals surface area contributed by atoms with Crippen LogP contribution in [0.1, 0.15) is 76.3 Å². The van der Waals surface area contributed by atoms with Crippen LogP contribution in [0.25, 0.3) is 83.1 Å². The second kappa shape index (κ2) is 19.6. The molecule has 0 atom stereocenters. The topological polar surface area (TPSA) is 34.0 Å². The summed E-state index contributed by atoms with van der Waals surface area (Å²) in [4.78, 5) is 2.32. The Bertz CT molecular complexity index is 4000. The highest BCUT2D eigenvalue weighted by molar-refractivity contribution is 7.00. The Morgan fingerprint density at radius 2 is 0.895 bits per heavy atom. The second-order valence-corrected chi connectivity index (χ2v) is 22.5. The zero-order valence-electron chi connectivity index (χ0n) is 44.2. The first-order valence-electron chi connectivity index (χ1n) is 26.3. The van der Waals surface area contributed by atoms with E-state index in [1.165, 1.54) is 83.7 Å². The Morgan fingerprint density at radius 3 is 1.49 bits per heavy atom. The lowest BCUT2D eigenvalue weighted by atomic mass is 9.83. The molecule has 0 fully saturated rings. The largest absolute Gasteiger partial charge is 0.309 e. The van der Waals surface area contributed by atoms with E-state index in [9.17, 15) is 0 Å². The first-order chi connectivity index (χ1) is 36.9. The summed E-state index contributed by atoms with van der Waals surface area (Å²) in [6, 6.07) is 86.2. The molecule has 0 N–H and O–H groups in total. The van der Waals surface area contributed by atoms with Crippen molar-refractivity contribution in [3.63, 3.8) is 0 Å². The van der Waals surface area contributed by atoms with Gasteiger partial charge in [-0.1, -0.05) is 217 Å². The lowest BCUT2D eigenvalue weighted by Crippen LogP contribution is -2.11. The Morgan fingerprint density at radius 1 is 0.408 bits per heavy atom. The summed E-state index contributed by atoms with van der Waals surface area (Å²) in [5.41, 5.74) is 24.0. The van der Waals surface area contributed by atoms with Crippen molar-refractivity contribution in [1.82, 2.24) is 13.3 Å². The molecule has 0 bridgehead atoms. The number of fused-ring (bicyclic) bond motifs is 4. The van der Waals surface area contributed by atoms with Gasteiger partial charge in [-0.05, 0) is 145 Å². The summed E-state index contributed by atoms with van der Waals surface area (Å²) >= 11 is 1.27. The third kappa shape index (κ3) is 9.01. The standard InChI is InChI=1S/C71H60N4S/c1-47(66(53-29-37-55(38-30-53)70(2,3)4)54-31-39-56(40-32-54)71(5,6)7)48-33-41-58(42-34-48)74(57-19-12-9-13-20-57)65-46-45-61(68-69(65)73-76-72-68)60-22-16-24-64-67(60)62-21-14-15-23-63(62)75(64)59-43-35-52(36-44-59)51-27-25-50(26-28-51)49-17-10-8-11-18-49/h8-46H,1-7H3. The Labute approximate surface area is 451 Å². The molecule has 370 valence electrons. The minimum absolute atomic E-state index is 0.0651. The summed E-state index contributed by atoms with van der Waals surface area (Å²) in [6.07, 6.45) is 0. The molecule has 5 heteroatoms. The number of hydrogen-bond donors (Lipinski definition) is 0. The van der Waals surface area contributed by atoms with E-state index < -0.39 is 0 Å². The molecule has 0 aliphatic carbocycles. The number of benzene rings is 10. The average Bonchev–Trinajstić information content (AvgIpc) is 4.14. The van der Waals surface area contributed by atoms with E-state index in [1.807, 2.05) is 0 Å². The van der Waals surface area contributed by atoms with Crippen LogP contribution in [0, 0.1) is 0 Å². The zero-order valence-corrected chi connectivity index (χ0v) is 45.0. The molecule has 0 aliphatic heterocycles. The quantitative estimate of drug-likeness (QED) is 0.128. The van der Waals surface area contributed by atoms with Crippen molar-refractivity contribution in [3.8, 4) is 39.1 Å². The fourth-order valence-corrected chi connectivity index (χ4v) is 11.5. The van der Waals surface area contributed by atoms with Gasteiger partial charge in [0.2, 0.25) is 0 Å². The van der Waals surface area contributed by atoms with Gasteiger partial charge in [0.25, 0.3) is 0 Å². The lowest BCUT2D eigenvalue weighted by molar-refractivity contribution is 0.590. The zero-order chi connectivity index (χ0) is 52.1. The van der Waals surface area contributed by atoms with E-state index in [-0.39, 0.29) is 10.8 Å². The molecule has 0 spiro atoms. The summed E-state index contributed by atoms with van der Waals surface area (Å²) in [6.45, 7) is 15.9. The van der Waals surface area contributed by atoms with E-state index in [0.717, 1.165) is 55.9 Å². The molecule has 10 aromatic carbocycles. The highest BCUT2D eigenvalue weighted by atomic mass is 32.1. The van der Waals surface area contributed by atoms with Gasteiger partial charge >= 0.3 is 0 Å². The van der Waals surface area contributed by atoms with Crippen LogP contribution in [0.15, 0.2) is 237 Å². The Hall–Kier alpha value is -8.64. The van der Waals surface area contributed by atoms with Gasteiger partial charge < -0.3 is 9.47 Å². The van der Waals surface area contributed by atoms with Crippen LogP contribution in [0.3, 0.4) is 0 Å². The monoisotopic (exact) mass is 1000 g/mol. The van der Waals surface area contributed by atoms with Gasteiger partial charge in [-0.2, -0.15) is 8.75 Å². The van der Waals surface area contributed by atoms with Crippen molar-refractivity contribution in [2.45, 2.75) is 59.3 Å². The first kappa shape index (κ1) is 48.3. The number of anilines is 3. The van der Waals surface area contributed by atoms with Gasteiger partial charge in [0.15, 0.2) is 0 Å². The molecule has 4 nitrogen and oxygen atoms in total.